The number of rotatable bonds is 4. The van der Waals surface area contributed by atoms with Crippen LogP contribution in [0.4, 0.5) is 0 Å². The summed E-state index contributed by atoms with van der Waals surface area (Å²) < 4.78 is 0. The molecule has 0 saturated carbocycles. The number of hydrogen-bond acceptors (Lipinski definition) is 3. The summed E-state index contributed by atoms with van der Waals surface area (Å²) in [7, 11) is 0. The number of aromatic hydroxyl groups is 1. The van der Waals surface area contributed by atoms with Crippen molar-refractivity contribution in [3.8, 4) is 5.75 Å². The normalized spacial score (nSPS) is 15.7. The summed E-state index contributed by atoms with van der Waals surface area (Å²) in [5.74, 6) is -0.0616. The van der Waals surface area contributed by atoms with Crippen LogP contribution in [0.1, 0.15) is 31.9 Å². The van der Waals surface area contributed by atoms with Gasteiger partial charge in [-0.2, -0.15) is 0 Å². The number of halogens is 3. The Bertz CT molecular complexity index is 378. The van der Waals surface area contributed by atoms with E-state index in [4.69, 9.17) is 28.9 Å². The van der Waals surface area contributed by atoms with Crippen molar-refractivity contribution < 1.29 is 10.2 Å². The SMILES string of the molecule is CCC(C)[C@H](O)[C@H](N)c1c(O)cc(Cl)cc1Cl.Cl. The topological polar surface area (TPSA) is 66.5 Å². The predicted molar refractivity (Wildman–Crippen MR) is 77.8 cm³/mol. The number of phenols is 1. The molecule has 3 atom stereocenters. The average molecular weight is 315 g/mol. The van der Waals surface area contributed by atoms with Gasteiger partial charge in [0.2, 0.25) is 0 Å². The Hall–Kier alpha value is -0.190. The Morgan fingerprint density at radius 1 is 1.33 bits per heavy atom. The van der Waals surface area contributed by atoms with E-state index in [-0.39, 0.29) is 29.1 Å². The molecule has 0 aliphatic rings. The maximum Gasteiger partial charge on any atom is 0.123 e. The molecule has 0 heterocycles. The molecular formula is C12H18Cl3NO2. The van der Waals surface area contributed by atoms with Crippen molar-refractivity contribution in [1.82, 2.24) is 0 Å². The number of aliphatic hydroxyl groups excluding tert-OH is 1. The van der Waals surface area contributed by atoms with E-state index in [2.05, 4.69) is 0 Å². The van der Waals surface area contributed by atoms with Crippen LogP contribution in [0, 0.1) is 5.92 Å². The summed E-state index contributed by atoms with van der Waals surface area (Å²) in [5, 5.41) is 20.4. The Morgan fingerprint density at radius 2 is 1.89 bits per heavy atom. The molecule has 0 aliphatic carbocycles. The molecule has 0 fully saturated rings. The van der Waals surface area contributed by atoms with Crippen molar-refractivity contribution in [2.45, 2.75) is 32.4 Å². The largest absolute Gasteiger partial charge is 0.507 e. The van der Waals surface area contributed by atoms with E-state index in [9.17, 15) is 10.2 Å². The summed E-state index contributed by atoms with van der Waals surface area (Å²) in [6, 6.07) is 2.14. The van der Waals surface area contributed by atoms with Crippen molar-refractivity contribution in [3.05, 3.63) is 27.7 Å². The monoisotopic (exact) mass is 313 g/mol. The first-order chi connectivity index (χ1) is 7.88. The third-order valence-corrected chi connectivity index (χ3v) is 3.53. The van der Waals surface area contributed by atoms with Crippen LogP contribution in [-0.2, 0) is 0 Å². The molecule has 1 unspecified atom stereocenters. The first kappa shape index (κ1) is 17.8. The molecule has 18 heavy (non-hydrogen) atoms. The molecule has 6 heteroatoms. The summed E-state index contributed by atoms with van der Waals surface area (Å²) in [4.78, 5) is 0. The molecule has 0 bridgehead atoms. The molecule has 0 aromatic heterocycles. The fraction of sp³-hybridized carbons (Fsp3) is 0.500. The second-order valence-electron chi connectivity index (χ2n) is 4.22. The zero-order valence-corrected chi connectivity index (χ0v) is 12.6. The van der Waals surface area contributed by atoms with Gasteiger partial charge in [-0.1, -0.05) is 43.5 Å². The zero-order valence-electron chi connectivity index (χ0n) is 10.2. The fourth-order valence-electron chi connectivity index (χ4n) is 1.67. The molecule has 0 aliphatic heterocycles. The van der Waals surface area contributed by atoms with Gasteiger partial charge >= 0.3 is 0 Å². The molecule has 0 amide bonds. The average Bonchev–Trinajstić information content (AvgIpc) is 2.25. The number of aliphatic hydroxyl groups is 1. The molecule has 0 spiro atoms. The molecule has 1 rings (SSSR count). The van der Waals surface area contributed by atoms with Gasteiger partial charge in [-0.25, -0.2) is 0 Å². The molecule has 4 N–H and O–H groups in total. The molecule has 1 aromatic carbocycles. The number of benzene rings is 1. The highest BCUT2D eigenvalue weighted by molar-refractivity contribution is 6.35. The lowest BCUT2D eigenvalue weighted by Gasteiger charge is -2.25. The number of hydrogen-bond donors (Lipinski definition) is 3. The van der Waals surface area contributed by atoms with E-state index < -0.39 is 12.1 Å². The van der Waals surface area contributed by atoms with Gasteiger partial charge < -0.3 is 15.9 Å². The first-order valence-corrected chi connectivity index (χ1v) is 6.25. The van der Waals surface area contributed by atoms with E-state index >= 15 is 0 Å². The van der Waals surface area contributed by atoms with Gasteiger partial charge in [-0.15, -0.1) is 12.4 Å². The zero-order chi connectivity index (χ0) is 13.2. The Kier molecular flexibility index (Phi) is 7.33. The van der Waals surface area contributed by atoms with Gasteiger partial charge in [-0.05, 0) is 18.1 Å². The number of nitrogens with two attached hydrogens (primary N) is 1. The van der Waals surface area contributed by atoms with Gasteiger partial charge in [0.15, 0.2) is 0 Å². The lowest BCUT2D eigenvalue weighted by molar-refractivity contribution is 0.0871. The van der Waals surface area contributed by atoms with Crippen molar-refractivity contribution in [2.75, 3.05) is 0 Å². The highest BCUT2D eigenvalue weighted by Gasteiger charge is 2.26. The van der Waals surface area contributed by atoms with Gasteiger partial charge in [0.1, 0.15) is 5.75 Å². The summed E-state index contributed by atoms with van der Waals surface area (Å²) in [6.07, 6.45) is 0.0328. The number of phenolic OH excluding ortho intramolecular Hbond substituents is 1. The smallest absolute Gasteiger partial charge is 0.123 e. The van der Waals surface area contributed by atoms with E-state index in [0.717, 1.165) is 6.42 Å². The van der Waals surface area contributed by atoms with E-state index in [0.29, 0.717) is 10.6 Å². The minimum absolute atomic E-state index is 0. The Labute approximate surface area is 123 Å². The maximum absolute atomic E-state index is 10.0. The minimum atomic E-state index is -0.760. The maximum atomic E-state index is 10.0. The van der Waals surface area contributed by atoms with Crippen LogP contribution < -0.4 is 5.73 Å². The van der Waals surface area contributed by atoms with Crippen LogP contribution >= 0.6 is 35.6 Å². The second-order valence-corrected chi connectivity index (χ2v) is 5.07. The summed E-state index contributed by atoms with van der Waals surface area (Å²) in [5.41, 5.74) is 6.27. The molecular weight excluding hydrogens is 296 g/mol. The highest BCUT2D eigenvalue weighted by atomic mass is 35.5. The first-order valence-electron chi connectivity index (χ1n) is 5.50. The van der Waals surface area contributed by atoms with Crippen molar-refractivity contribution in [3.63, 3.8) is 0 Å². The third-order valence-electron chi connectivity index (χ3n) is 3.00. The van der Waals surface area contributed by atoms with Crippen LogP contribution in [0.15, 0.2) is 12.1 Å². The van der Waals surface area contributed by atoms with Gasteiger partial charge in [0.25, 0.3) is 0 Å². The van der Waals surface area contributed by atoms with Crippen LogP contribution in [-0.4, -0.2) is 16.3 Å². The lowest BCUT2D eigenvalue weighted by atomic mass is 9.91. The standard InChI is InChI=1S/C12H17Cl2NO2.ClH/c1-3-6(2)12(17)11(15)10-8(14)4-7(13)5-9(10)16;/h4-6,11-12,16-17H,3,15H2,1-2H3;1H/t6?,11-,12+;/m1./s1. The summed E-state index contributed by atoms with van der Waals surface area (Å²) >= 11 is 11.7. The minimum Gasteiger partial charge on any atom is -0.507 e. The fourth-order valence-corrected chi connectivity index (χ4v) is 2.28. The molecule has 3 nitrogen and oxygen atoms in total. The molecule has 0 radical (unpaired) electrons. The van der Waals surface area contributed by atoms with Gasteiger partial charge in [-0.3, -0.25) is 0 Å². The van der Waals surface area contributed by atoms with Crippen molar-refractivity contribution in [1.29, 1.82) is 0 Å². The Morgan fingerprint density at radius 3 is 2.33 bits per heavy atom. The molecule has 1 aromatic rings. The predicted octanol–water partition coefficient (Wildman–Crippen LogP) is 3.53. The van der Waals surface area contributed by atoms with Crippen LogP contribution in [0.2, 0.25) is 10.0 Å². The van der Waals surface area contributed by atoms with Gasteiger partial charge in [0.05, 0.1) is 17.2 Å². The second kappa shape index (κ2) is 7.41. The van der Waals surface area contributed by atoms with E-state index in [1.165, 1.54) is 12.1 Å². The van der Waals surface area contributed by atoms with Gasteiger partial charge in [0, 0.05) is 10.6 Å². The van der Waals surface area contributed by atoms with Crippen LogP contribution in [0.5, 0.6) is 5.75 Å². The van der Waals surface area contributed by atoms with Crippen LogP contribution in [0.25, 0.3) is 0 Å². The van der Waals surface area contributed by atoms with E-state index in [1.807, 2.05) is 13.8 Å². The van der Waals surface area contributed by atoms with Crippen LogP contribution in [0.3, 0.4) is 0 Å². The quantitative estimate of drug-likeness (QED) is 0.796. The highest BCUT2D eigenvalue weighted by Crippen LogP contribution is 2.36. The third kappa shape index (κ3) is 3.90. The van der Waals surface area contributed by atoms with Crippen molar-refractivity contribution in [2.24, 2.45) is 11.7 Å². The summed E-state index contributed by atoms with van der Waals surface area (Å²) in [6.45, 7) is 3.86. The molecule has 104 valence electrons. The Balaban J connectivity index is 0.00000289. The lowest BCUT2D eigenvalue weighted by Crippen LogP contribution is -2.31. The molecule has 0 saturated heterocycles. The van der Waals surface area contributed by atoms with Crippen molar-refractivity contribution >= 4 is 35.6 Å². The van der Waals surface area contributed by atoms with E-state index in [1.54, 1.807) is 0 Å².